The van der Waals surface area contributed by atoms with Gasteiger partial charge < -0.3 is 15.5 Å². The summed E-state index contributed by atoms with van der Waals surface area (Å²) in [4.78, 5) is 27.1. The van der Waals surface area contributed by atoms with E-state index >= 15 is 0 Å². The number of benzene rings is 1. The van der Waals surface area contributed by atoms with Crippen molar-refractivity contribution in [1.82, 2.24) is 20.0 Å². The van der Waals surface area contributed by atoms with Gasteiger partial charge in [0.2, 0.25) is 0 Å². The highest BCUT2D eigenvalue weighted by molar-refractivity contribution is 6.03. The molecule has 7 nitrogen and oxygen atoms in total. The first kappa shape index (κ1) is 22.3. The second-order valence-electron chi connectivity index (χ2n) is 8.19. The summed E-state index contributed by atoms with van der Waals surface area (Å²) in [5.74, 6) is 0.515. The van der Waals surface area contributed by atoms with Crippen LogP contribution >= 0.6 is 12.4 Å². The Morgan fingerprint density at radius 3 is 2.50 bits per heavy atom. The van der Waals surface area contributed by atoms with Gasteiger partial charge in [-0.1, -0.05) is 6.92 Å². The third-order valence-corrected chi connectivity index (χ3v) is 5.95. The van der Waals surface area contributed by atoms with Crippen LogP contribution in [0.25, 0.3) is 0 Å². The van der Waals surface area contributed by atoms with Gasteiger partial charge in [0.15, 0.2) is 5.69 Å². The molecule has 1 aromatic heterocycles. The fourth-order valence-corrected chi connectivity index (χ4v) is 4.01. The number of rotatable bonds is 4. The second kappa shape index (κ2) is 10.1. The Hall–Kier alpha value is -2.38. The van der Waals surface area contributed by atoms with Gasteiger partial charge in [0.25, 0.3) is 11.8 Å². The van der Waals surface area contributed by atoms with Crippen molar-refractivity contribution in [3.05, 3.63) is 47.8 Å². The van der Waals surface area contributed by atoms with Gasteiger partial charge in [-0.25, -0.2) is 0 Å². The van der Waals surface area contributed by atoms with E-state index in [0.29, 0.717) is 28.9 Å². The van der Waals surface area contributed by atoms with Gasteiger partial charge in [0, 0.05) is 37.1 Å². The van der Waals surface area contributed by atoms with Crippen LogP contribution in [0, 0.1) is 5.92 Å². The smallest absolute Gasteiger partial charge is 0.276 e. The first-order chi connectivity index (χ1) is 14.1. The van der Waals surface area contributed by atoms with Gasteiger partial charge in [0.1, 0.15) is 0 Å². The standard InChI is InChI=1S/C22H29N5O2.ClH/c1-16-8-12-26(13-9-16)22(29)17-4-6-18(7-5-17)24-21(28)20-10-14-27(25-20)19-3-2-11-23-15-19;/h4-7,10,14,16,19,23H,2-3,8-9,11-13,15H2,1H3,(H,24,28);1H. The maximum Gasteiger partial charge on any atom is 0.276 e. The van der Waals surface area contributed by atoms with E-state index in [9.17, 15) is 9.59 Å². The first-order valence-electron chi connectivity index (χ1n) is 10.6. The maximum absolute atomic E-state index is 12.6. The van der Waals surface area contributed by atoms with Gasteiger partial charge in [-0.3, -0.25) is 14.3 Å². The molecule has 0 spiro atoms. The van der Waals surface area contributed by atoms with E-state index in [1.165, 1.54) is 0 Å². The van der Waals surface area contributed by atoms with Gasteiger partial charge in [-0.15, -0.1) is 12.4 Å². The second-order valence-corrected chi connectivity index (χ2v) is 8.19. The van der Waals surface area contributed by atoms with E-state index in [1.54, 1.807) is 30.3 Å². The molecular weight excluding hydrogens is 402 g/mol. The minimum absolute atomic E-state index is 0. The van der Waals surface area contributed by atoms with E-state index in [1.807, 2.05) is 15.8 Å². The summed E-state index contributed by atoms with van der Waals surface area (Å²) in [5.41, 5.74) is 1.72. The van der Waals surface area contributed by atoms with Gasteiger partial charge in [-0.05, 0) is 68.5 Å². The van der Waals surface area contributed by atoms with E-state index in [0.717, 1.165) is 51.9 Å². The summed E-state index contributed by atoms with van der Waals surface area (Å²) in [5, 5.41) is 10.7. The van der Waals surface area contributed by atoms with Crippen molar-refractivity contribution >= 4 is 29.9 Å². The highest BCUT2D eigenvalue weighted by Crippen LogP contribution is 2.20. The summed E-state index contributed by atoms with van der Waals surface area (Å²) in [7, 11) is 0. The molecule has 2 fully saturated rings. The van der Waals surface area contributed by atoms with Crippen molar-refractivity contribution in [3.8, 4) is 0 Å². The number of nitrogens with zero attached hydrogens (tertiary/aromatic N) is 3. The number of halogens is 1. The number of piperidine rings is 2. The zero-order valence-electron chi connectivity index (χ0n) is 17.3. The van der Waals surface area contributed by atoms with Crippen molar-refractivity contribution in [2.24, 2.45) is 5.92 Å². The predicted octanol–water partition coefficient (Wildman–Crippen LogP) is 3.35. The Bertz CT molecular complexity index is 853. The van der Waals surface area contributed by atoms with E-state index in [4.69, 9.17) is 0 Å². The summed E-state index contributed by atoms with van der Waals surface area (Å²) >= 11 is 0. The van der Waals surface area contributed by atoms with Gasteiger partial charge >= 0.3 is 0 Å². The number of nitrogens with one attached hydrogen (secondary N) is 2. The Kier molecular flexibility index (Phi) is 7.50. The zero-order chi connectivity index (χ0) is 20.2. The molecule has 3 heterocycles. The van der Waals surface area contributed by atoms with Crippen LogP contribution in [0.3, 0.4) is 0 Å². The highest BCUT2D eigenvalue weighted by atomic mass is 35.5. The van der Waals surface area contributed by atoms with Crippen molar-refractivity contribution in [1.29, 1.82) is 0 Å². The SMILES string of the molecule is CC1CCN(C(=O)c2ccc(NC(=O)c3ccn(C4CCCNC4)n3)cc2)CC1.Cl. The quantitative estimate of drug-likeness (QED) is 0.778. The Morgan fingerprint density at radius 1 is 1.10 bits per heavy atom. The van der Waals surface area contributed by atoms with E-state index in [2.05, 4.69) is 22.7 Å². The monoisotopic (exact) mass is 431 g/mol. The summed E-state index contributed by atoms with van der Waals surface area (Å²) in [6, 6.07) is 9.16. The van der Waals surface area contributed by atoms with Gasteiger partial charge in [-0.2, -0.15) is 5.10 Å². The van der Waals surface area contributed by atoms with E-state index < -0.39 is 0 Å². The van der Waals surface area contributed by atoms with Crippen LogP contribution in [0.4, 0.5) is 5.69 Å². The van der Waals surface area contributed by atoms with Crippen LogP contribution in [-0.2, 0) is 0 Å². The molecule has 2 N–H and O–H groups in total. The third kappa shape index (κ3) is 5.21. The normalized spacial score (nSPS) is 19.8. The maximum atomic E-state index is 12.6. The molecule has 0 bridgehead atoms. The van der Waals surface area contributed by atoms with Crippen LogP contribution < -0.4 is 10.6 Å². The number of carbonyl (C=O) groups is 2. The number of hydrogen-bond donors (Lipinski definition) is 2. The molecule has 1 atom stereocenters. The van der Waals surface area contributed by atoms with Crippen molar-refractivity contribution < 1.29 is 9.59 Å². The Labute approximate surface area is 183 Å². The number of carbonyl (C=O) groups excluding carboxylic acids is 2. The average Bonchev–Trinajstić information content (AvgIpc) is 3.26. The Morgan fingerprint density at radius 2 is 1.83 bits per heavy atom. The fraction of sp³-hybridized carbons (Fsp3) is 0.500. The number of aromatic nitrogens is 2. The molecule has 162 valence electrons. The summed E-state index contributed by atoms with van der Waals surface area (Å²) in [6.07, 6.45) is 6.18. The molecule has 30 heavy (non-hydrogen) atoms. The molecule has 2 saturated heterocycles. The van der Waals surface area contributed by atoms with Crippen molar-refractivity contribution in [3.63, 3.8) is 0 Å². The molecule has 1 aromatic carbocycles. The minimum Gasteiger partial charge on any atom is -0.339 e. The molecule has 2 aliphatic rings. The largest absolute Gasteiger partial charge is 0.339 e. The van der Waals surface area contributed by atoms with Crippen molar-refractivity contribution in [2.75, 3.05) is 31.5 Å². The number of hydrogen-bond acceptors (Lipinski definition) is 4. The number of anilines is 1. The van der Waals surface area contributed by atoms with Crippen LogP contribution in [0.1, 0.15) is 59.5 Å². The predicted molar refractivity (Wildman–Crippen MR) is 119 cm³/mol. The fourth-order valence-electron chi connectivity index (χ4n) is 4.01. The van der Waals surface area contributed by atoms with Crippen LogP contribution in [0.2, 0.25) is 0 Å². The molecule has 2 aromatic rings. The molecule has 0 saturated carbocycles. The molecule has 8 heteroatoms. The molecule has 4 rings (SSSR count). The van der Waals surface area contributed by atoms with Crippen LogP contribution in [-0.4, -0.2) is 52.7 Å². The van der Waals surface area contributed by atoms with Crippen molar-refractivity contribution in [2.45, 2.75) is 38.6 Å². The molecule has 2 amide bonds. The molecular formula is C22H30ClN5O2. The summed E-state index contributed by atoms with van der Waals surface area (Å²) < 4.78 is 1.88. The zero-order valence-corrected chi connectivity index (χ0v) is 18.2. The number of amides is 2. The lowest BCUT2D eigenvalue weighted by Crippen LogP contribution is -2.37. The topological polar surface area (TPSA) is 79.3 Å². The molecule has 1 unspecified atom stereocenters. The highest BCUT2D eigenvalue weighted by Gasteiger charge is 2.22. The van der Waals surface area contributed by atoms with Crippen LogP contribution in [0.5, 0.6) is 0 Å². The minimum atomic E-state index is -0.239. The average molecular weight is 432 g/mol. The third-order valence-electron chi connectivity index (χ3n) is 5.95. The molecule has 0 radical (unpaired) electrons. The lowest BCUT2D eigenvalue weighted by atomic mass is 9.98. The molecule has 2 aliphatic heterocycles. The Balaban J connectivity index is 0.00000256. The molecule has 0 aliphatic carbocycles. The lowest BCUT2D eigenvalue weighted by Gasteiger charge is -2.30. The van der Waals surface area contributed by atoms with Crippen LogP contribution in [0.15, 0.2) is 36.5 Å². The lowest BCUT2D eigenvalue weighted by molar-refractivity contribution is 0.0697. The first-order valence-corrected chi connectivity index (χ1v) is 10.6. The van der Waals surface area contributed by atoms with E-state index in [-0.39, 0.29) is 24.2 Å². The van der Waals surface area contributed by atoms with Gasteiger partial charge in [0.05, 0.1) is 6.04 Å². The summed E-state index contributed by atoms with van der Waals surface area (Å²) in [6.45, 7) is 5.79. The number of likely N-dealkylation sites (tertiary alicyclic amines) is 1.